The van der Waals surface area contributed by atoms with Crippen molar-refractivity contribution in [3.63, 3.8) is 0 Å². The number of aromatic nitrogens is 1. The zero-order chi connectivity index (χ0) is 24.7. The topological polar surface area (TPSA) is 166 Å². The summed E-state index contributed by atoms with van der Waals surface area (Å²) >= 11 is 4.09. The number of thiol groups is 1. The summed E-state index contributed by atoms with van der Waals surface area (Å²) in [6.45, 7) is 4.92. The van der Waals surface area contributed by atoms with E-state index in [1.54, 1.807) is 20.0 Å². The number of nitrogens with one attached hydrogen (secondary N) is 4. The molecule has 0 aliphatic heterocycles. The summed E-state index contributed by atoms with van der Waals surface area (Å²) in [7, 11) is 0. The lowest BCUT2D eigenvalue weighted by Gasteiger charge is -2.26. The van der Waals surface area contributed by atoms with E-state index in [0.29, 0.717) is 0 Å². The van der Waals surface area contributed by atoms with Crippen LogP contribution in [0.15, 0.2) is 30.5 Å². The summed E-state index contributed by atoms with van der Waals surface area (Å²) in [5.74, 6) is -3.33. The highest BCUT2D eigenvalue weighted by Crippen LogP contribution is 2.19. The molecule has 0 fully saturated rings. The minimum atomic E-state index is -1.20. The Hall–Kier alpha value is -3.05. The van der Waals surface area contributed by atoms with E-state index in [1.165, 1.54) is 6.92 Å². The number of aromatic amines is 1. The van der Waals surface area contributed by atoms with Crippen LogP contribution in [0.4, 0.5) is 0 Å². The number of carboxylic acids is 1. The first-order valence-electron chi connectivity index (χ1n) is 10.6. The van der Waals surface area contributed by atoms with E-state index in [1.807, 2.05) is 24.3 Å². The zero-order valence-electron chi connectivity index (χ0n) is 18.8. The molecule has 0 aliphatic carbocycles. The number of carbonyl (C=O) groups excluding carboxylic acids is 3. The Bertz CT molecular complexity index is 1010. The highest BCUT2D eigenvalue weighted by Gasteiger charge is 2.31. The molecular formula is C22H31N5O5S. The van der Waals surface area contributed by atoms with Gasteiger partial charge in [-0.3, -0.25) is 14.4 Å². The molecule has 180 valence electrons. The molecular weight excluding hydrogens is 446 g/mol. The van der Waals surface area contributed by atoms with E-state index >= 15 is 0 Å². The number of hydrogen-bond donors (Lipinski definition) is 7. The second-order valence-corrected chi connectivity index (χ2v) is 8.59. The number of amides is 3. The van der Waals surface area contributed by atoms with Crippen molar-refractivity contribution in [1.29, 1.82) is 0 Å². The molecule has 7 N–H and O–H groups in total. The molecule has 10 nitrogen and oxygen atoms in total. The van der Waals surface area contributed by atoms with Gasteiger partial charge in [0.25, 0.3) is 0 Å². The van der Waals surface area contributed by atoms with Gasteiger partial charge in [0, 0.05) is 29.3 Å². The fourth-order valence-electron chi connectivity index (χ4n) is 3.27. The number of aliphatic carboxylic acids is 1. The third-order valence-electron chi connectivity index (χ3n) is 5.19. The second kappa shape index (κ2) is 11.7. The molecule has 4 unspecified atom stereocenters. The summed E-state index contributed by atoms with van der Waals surface area (Å²) in [6.07, 6.45) is 1.78. The number of H-pyrrole nitrogens is 1. The third kappa shape index (κ3) is 6.96. The minimum absolute atomic E-state index is 0.00492. The van der Waals surface area contributed by atoms with Gasteiger partial charge < -0.3 is 31.8 Å². The normalized spacial score (nSPS) is 14.8. The zero-order valence-corrected chi connectivity index (χ0v) is 19.7. The van der Waals surface area contributed by atoms with Gasteiger partial charge in [0.15, 0.2) is 0 Å². The van der Waals surface area contributed by atoms with Crippen LogP contribution in [-0.2, 0) is 25.6 Å². The summed E-state index contributed by atoms with van der Waals surface area (Å²) in [6, 6.07) is 3.43. The Balaban J connectivity index is 2.12. The Morgan fingerprint density at radius 2 is 1.64 bits per heavy atom. The smallest absolute Gasteiger partial charge is 0.326 e. The first-order valence-corrected chi connectivity index (χ1v) is 11.2. The molecule has 11 heteroatoms. The van der Waals surface area contributed by atoms with Crippen molar-refractivity contribution in [2.75, 3.05) is 5.75 Å². The average molecular weight is 478 g/mol. The summed E-state index contributed by atoms with van der Waals surface area (Å²) < 4.78 is 0. The minimum Gasteiger partial charge on any atom is -0.480 e. The van der Waals surface area contributed by atoms with E-state index in [4.69, 9.17) is 5.73 Å². The van der Waals surface area contributed by atoms with Gasteiger partial charge in [-0.2, -0.15) is 12.6 Å². The molecule has 2 rings (SSSR count). The summed E-state index contributed by atoms with van der Waals surface area (Å²) in [4.78, 5) is 52.4. The van der Waals surface area contributed by atoms with Gasteiger partial charge in [0.05, 0.1) is 6.04 Å². The number of nitrogens with two attached hydrogens (primary N) is 1. The van der Waals surface area contributed by atoms with Crippen molar-refractivity contribution in [1.82, 2.24) is 20.9 Å². The molecule has 0 saturated heterocycles. The maximum atomic E-state index is 12.9. The van der Waals surface area contributed by atoms with Crippen molar-refractivity contribution >= 4 is 47.2 Å². The first-order chi connectivity index (χ1) is 15.5. The van der Waals surface area contributed by atoms with Crippen LogP contribution in [-0.4, -0.2) is 63.7 Å². The van der Waals surface area contributed by atoms with Crippen LogP contribution in [0.1, 0.15) is 26.3 Å². The lowest BCUT2D eigenvalue weighted by molar-refractivity contribution is -0.142. The molecule has 0 aliphatic rings. The fraction of sp³-hybridized carbons (Fsp3) is 0.455. The molecule has 2 aromatic rings. The SMILES string of the molecule is CC(N)C(=O)NC(CS)C(=O)NC(C(=O)NC(Cc1c[nH]c2ccccc12)C(=O)O)C(C)C. The van der Waals surface area contributed by atoms with Crippen molar-refractivity contribution in [3.05, 3.63) is 36.0 Å². The highest BCUT2D eigenvalue weighted by molar-refractivity contribution is 7.80. The van der Waals surface area contributed by atoms with Crippen LogP contribution in [0.3, 0.4) is 0 Å². The maximum Gasteiger partial charge on any atom is 0.326 e. The monoisotopic (exact) mass is 477 g/mol. The maximum absolute atomic E-state index is 12.9. The van der Waals surface area contributed by atoms with Crippen molar-refractivity contribution in [2.45, 2.75) is 51.4 Å². The number of rotatable bonds is 11. The van der Waals surface area contributed by atoms with E-state index < -0.39 is 47.9 Å². The molecule has 0 saturated carbocycles. The Morgan fingerprint density at radius 3 is 2.21 bits per heavy atom. The molecule has 1 aromatic carbocycles. The number of carboxylic acid groups (broad SMARTS) is 1. The van der Waals surface area contributed by atoms with Gasteiger partial charge in [0.1, 0.15) is 18.1 Å². The molecule has 0 bridgehead atoms. The molecule has 3 amide bonds. The van der Waals surface area contributed by atoms with E-state index in [0.717, 1.165) is 16.5 Å². The lowest BCUT2D eigenvalue weighted by Crippen LogP contribution is -2.58. The largest absolute Gasteiger partial charge is 0.480 e. The molecule has 1 heterocycles. The lowest BCUT2D eigenvalue weighted by atomic mass is 10.0. The first kappa shape index (κ1) is 26.2. The standard InChI is InChI=1S/C22H31N5O5S/c1-11(2)18(27-20(29)17(10-33)26-19(28)12(3)23)21(30)25-16(22(31)32)8-13-9-24-15-7-5-4-6-14(13)15/h4-7,9,11-12,16-18,24,33H,8,10,23H2,1-3H3,(H,25,30)(H,26,28)(H,27,29)(H,31,32). The molecule has 1 aromatic heterocycles. The van der Waals surface area contributed by atoms with Crippen LogP contribution >= 0.6 is 12.6 Å². The summed E-state index contributed by atoms with van der Waals surface area (Å²) in [5.41, 5.74) is 7.13. The second-order valence-electron chi connectivity index (χ2n) is 8.23. The van der Waals surface area contributed by atoms with Crippen LogP contribution in [0.2, 0.25) is 0 Å². The Kier molecular flexibility index (Phi) is 9.30. The molecule has 0 spiro atoms. The van der Waals surface area contributed by atoms with Crippen LogP contribution in [0.5, 0.6) is 0 Å². The van der Waals surface area contributed by atoms with Crippen LogP contribution in [0, 0.1) is 5.92 Å². The van der Waals surface area contributed by atoms with Crippen molar-refractivity contribution in [2.24, 2.45) is 11.7 Å². The van der Waals surface area contributed by atoms with E-state index in [2.05, 4.69) is 33.6 Å². The fourth-order valence-corrected chi connectivity index (χ4v) is 3.53. The number of benzene rings is 1. The predicted molar refractivity (Wildman–Crippen MR) is 128 cm³/mol. The highest BCUT2D eigenvalue weighted by atomic mass is 32.1. The van der Waals surface area contributed by atoms with Gasteiger partial charge in [-0.1, -0.05) is 32.0 Å². The molecule has 0 radical (unpaired) electrons. The quantitative estimate of drug-likeness (QED) is 0.228. The van der Waals surface area contributed by atoms with Crippen LogP contribution in [0.25, 0.3) is 10.9 Å². The summed E-state index contributed by atoms with van der Waals surface area (Å²) in [5, 5.41) is 18.2. The van der Waals surface area contributed by atoms with Gasteiger partial charge in [0.2, 0.25) is 17.7 Å². The van der Waals surface area contributed by atoms with E-state index in [-0.39, 0.29) is 18.1 Å². The predicted octanol–water partition coefficient (Wildman–Crippen LogP) is 0.182. The number of carbonyl (C=O) groups is 4. The van der Waals surface area contributed by atoms with Gasteiger partial charge >= 0.3 is 5.97 Å². The van der Waals surface area contributed by atoms with Gasteiger partial charge in [-0.15, -0.1) is 0 Å². The van der Waals surface area contributed by atoms with Crippen molar-refractivity contribution < 1.29 is 24.3 Å². The average Bonchev–Trinajstić information content (AvgIpc) is 3.17. The van der Waals surface area contributed by atoms with E-state index in [9.17, 15) is 24.3 Å². The van der Waals surface area contributed by atoms with Gasteiger partial charge in [-0.25, -0.2) is 4.79 Å². The Labute approximate surface area is 197 Å². The van der Waals surface area contributed by atoms with Crippen molar-refractivity contribution in [3.8, 4) is 0 Å². The number of hydrogen-bond acceptors (Lipinski definition) is 6. The number of para-hydroxylation sites is 1. The van der Waals surface area contributed by atoms with Gasteiger partial charge in [-0.05, 0) is 24.5 Å². The van der Waals surface area contributed by atoms with Crippen LogP contribution < -0.4 is 21.7 Å². The molecule has 33 heavy (non-hydrogen) atoms. The number of fused-ring (bicyclic) bond motifs is 1. The third-order valence-corrected chi connectivity index (χ3v) is 5.55. The Morgan fingerprint density at radius 1 is 1.00 bits per heavy atom. The molecule has 4 atom stereocenters.